The monoisotopic (exact) mass is 291 g/mol. The van der Waals surface area contributed by atoms with Gasteiger partial charge in [0.1, 0.15) is 5.75 Å². The Labute approximate surface area is 126 Å². The van der Waals surface area contributed by atoms with Gasteiger partial charge in [-0.2, -0.15) is 0 Å². The molecule has 1 amide bonds. The summed E-state index contributed by atoms with van der Waals surface area (Å²) in [5.74, 6) is 0.190. The van der Waals surface area contributed by atoms with Crippen LogP contribution in [0.15, 0.2) is 12.1 Å². The largest absolute Gasteiger partial charge is 0.426 e. The molecular formula is C17H25NO3. The van der Waals surface area contributed by atoms with Crippen LogP contribution < -0.4 is 10.1 Å². The smallest absolute Gasteiger partial charge is 0.312 e. The van der Waals surface area contributed by atoms with Gasteiger partial charge in [-0.25, -0.2) is 0 Å². The Morgan fingerprint density at radius 1 is 1.14 bits per heavy atom. The number of amides is 1. The molecule has 0 aliphatic heterocycles. The van der Waals surface area contributed by atoms with Crippen LogP contribution in [0.4, 0.5) is 0 Å². The van der Waals surface area contributed by atoms with E-state index in [9.17, 15) is 9.59 Å². The van der Waals surface area contributed by atoms with Crippen molar-refractivity contribution in [1.29, 1.82) is 0 Å². The maximum absolute atomic E-state index is 11.8. The van der Waals surface area contributed by atoms with Crippen LogP contribution in [0.1, 0.15) is 43.9 Å². The van der Waals surface area contributed by atoms with E-state index in [-0.39, 0.29) is 18.3 Å². The Balaban J connectivity index is 2.54. The topological polar surface area (TPSA) is 55.4 Å². The van der Waals surface area contributed by atoms with Crippen LogP contribution in [0, 0.1) is 26.2 Å². The van der Waals surface area contributed by atoms with Gasteiger partial charge in [0.15, 0.2) is 0 Å². The maximum atomic E-state index is 11.8. The van der Waals surface area contributed by atoms with Crippen LogP contribution in [-0.2, 0) is 9.59 Å². The van der Waals surface area contributed by atoms with Gasteiger partial charge >= 0.3 is 5.97 Å². The van der Waals surface area contributed by atoms with Crippen LogP contribution in [0.25, 0.3) is 0 Å². The summed E-state index contributed by atoms with van der Waals surface area (Å²) in [4.78, 5) is 23.5. The second-order valence-corrected chi connectivity index (χ2v) is 6.43. The summed E-state index contributed by atoms with van der Waals surface area (Å²) in [6.07, 6.45) is 0.161. The van der Waals surface area contributed by atoms with Crippen molar-refractivity contribution in [2.24, 2.45) is 5.41 Å². The summed E-state index contributed by atoms with van der Waals surface area (Å²) in [6.45, 7) is 11.7. The summed E-state index contributed by atoms with van der Waals surface area (Å²) in [5.41, 5.74) is 2.67. The van der Waals surface area contributed by atoms with Gasteiger partial charge < -0.3 is 10.1 Å². The molecule has 4 nitrogen and oxygen atoms in total. The molecule has 0 bridgehead atoms. The molecule has 0 aliphatic carbocycles. The van der Waals surface area contributed by atoms with Crippen molar-refractivity contribution in [3.8, 4) is 5.75 Å². The summed E-state index contributed by atoms with van der Waals surface area (Å²) < 4.78 is 5.38. The van der Waals surface area contributed by atoms with Gasteiger partial charge in [-0.05, 0) is 43.5 Å². The molecule has 1 N–H and O–H groups in total. The first-order valence-electron chi connectivity index (χ1n) is 7.18. The van der Waals surface area contributed by atoms with E-state index in [0.717, 1.165) is 16.7 Å². The number of hydrogen-bond donors (Lipinski definition) is 1. The quantitative estimate of drug-likeness (QED) is 0.685. The number of carbonyl (C=O) groups is 2. The first-order chi connectivity index (χ1) is 9.61. The number of nitrogens with one attached hydrogen (secondary N) is 1. The molecule has 1 aromatic carbocycles. The lowest BCUT2D eigenvalue weighted by Crippen LogP contribution is -2.36. The predicted octanol–water partition coefficient (Wildman–Crippen LogP) is 3.07. The normalized spacial score (nSPS) is 11.1. The van der Waals surface area contributed by atoms with Crippen molar-refractivity contribution < 1.29 is 14.3 Å². The molecule has 0 saturated carbocycles. The van der Waals surface area contributed by atoms with Gasteiger partial charge in [0, 0.05) is 12.0 Å². The number of rotatable bonds is 4. The number of aryl methyl sites for hydroxylation is 2. The first kappa shape index (κ1) is 17.2. The summed E-state index contributed by atoms with van der Waals surface area (Å²) in [6, 6.07) is 3.91. The molecule has 0 aliphatic rings. The minimum atomic E-state index is -0.450. The Bertz CT molecular complexity index is 542. The third-order valence-electron chi connectivity index (χ3n) is 3.28. The number of carbonyl (C=O) groups excluding carboxylic acids is 2. The molecule has 21 heavy (non-hydrogen) atoms. The van der Waals surface area contributed by atoms with Crippen LogP contribution in [0.2, 0.25) is 0 Å². The molecule has 116 valence electrons. The van der Waals surface area contributed by atoms with Crippen molar-refractivity contribution in [1.82, 2.24) is 5.32 Å². The minimum Gasteiger partial charge on any atom is -0.426 e. The minimum absolute atomic E-state index is 0.0714. The fourth-order valence-electron chi connectivity index (χ4n) is 1.82. The Morgan fingerprint density at radius 3 is 2.33 bits per heavy atom. The highest BCUT2D eigenvalue weighted by Crippen LogP contribution is 2.23. The summed E-state index contributed by atoms with van der Waals surface area (Å²) in [7, 11) is 0. The Kier molecular flexibility index (Phi) is 5.53. The molecule has 4 heteroatoms. The lowest BCUT2D eigenvalue weighted by Gasteiger charge is -2.17. The van der Waals surface area contributed by atoms with Crippen molar-refractivity contribution in [3.05, 3.63) is 28.8 Å². The molecule has 0 fully saturated rings. The van der Waals surface area contributed by atoms with Gasteiger partial charge in [-0.3, -0.25) is 9.59 Å². The third kappa shape index (κ3) is 5.21. The van der Waals surface area contributed by atoms with E-state index in [2.05, 4.69) is 11.4 Å². The molecule has 0 saturated heterocycles. The van der Waals surface area contributed by atoms with E-state index in [0.29, 0.717) is 12.3 Å². The molecule has 0 aromatic heterocycles. The van der Waals surface area contributed by atoms with Crippen LogP contribution in [0.5, 0.6) is 5.75 Å². The number of ether oxygens (including phenoxy) is 1. The lowest BCUT2D eigenvalue weighted by molar-refractivity contribution is -0.134. The van der Waals surface area contributed by atoms with Crippen molar-refractivity contribution in [3.63, 3.8) is 0 Å². The highest BCUT2D eigenvalue weighted by Gasteiger charge is 2.20. The van der Waals surface area contributed by atoms with Crippen molar-refractivity contribution in [2.45, 2.75) is 48.0 Å². The van der Waals surface area contributed by atoms with Crippen molar-refractivity contribution in [2.75, 3.05) is 6.54 Å². The molecule has 0 atom stereocenters. The molecule has 1 rings (SSSR count). The van der Waals surface area contributed by atoms with E-state index in [1.807, 2.05) is 47.6 Å². The lowest BCUT2D eigenvalue weighted by atomic mass is 9.96. The molecule has 1 aromatic rings. The molecular weight excluding hydrogens is 266 g/mol. The van der Waals surface area contributed by atoms with E-state index < -0.39 is 5.41 Å². The van der Waals surface area contributed by atoms with Gasteiger partial charge in [0.2, 0.25) is 5.91 Å². The average Bonchev–Trinajstić information content (AvgIpc) is 2.34. The highest BCUT2D eigenvalue weighted by atomic mass is 16.5. The zero-order valence-electron chi connectivity index (χ0n) is 13.8. The van der Waals surface area contributed by atoms with E-state index in [4.69, 9.17) is 4.74 Å². The number of benzene rings is 1. The van der Waals surface area contributed by atoms with Crippen LogP contribution in [-0.4, -0.2) is 18.4 Å². The maximum Gasteiger partial charge on any atom is 0.312 e. The Hall–Kier alpha value is -1.84. The number of hydrogen-bond acceptors (Lipinski definition) is 3. The Morgan fingerprint density at radius 2 is 1.76 bits per heavy atom. The second-order valence-electron chi connectivity index (χ2n) is 6.43. The molecule has 0 spiro atoms. The third-order valence-corrected chi connectivity index (χ3v) is 3.28. The zero-order chi connectivity index (χ0) is 16.2. The van der Waals surface area contributed by atoms with Gasteiger partial charge in [0.25, 0.3) is 0 Å². The van der Waals surface area contributed by atoms with Gasteiger partial charge in [-0.15, -0.1) is 0 Å². The predicted molar refractivity (Wildman–Crippen MR) is 83.4 cm³/mol. The zero-order valence-corrected chi connectivity index (χ0v) is 13.8. The SMILES string of the molecule is Cc1cc(C)c(C)c(OC(=O)CCNC(=O)C(C)(C)C)c1. The van der Waals surface area contributed by atoms with Gasteiger partial charge in [0.05, 0.1) is 6.42 Å². The van der Waals surface area contributed by atoms with E-state index >= 15 is 0 Å². The first-order valence-corrected chi connectivity index (χ1v) is 7.18. The number of esters is 1. The fraction of sp³-hybridized carbons (Fsp3) is 0.529. The second kappa shape index (κ2) is 6.74. The molecule has 0 heterocycles. The van der Waals surface area contributed by atoms with Crippen LogP contribution in [0.3, 0.4) is 0 Å². The summed E-state index contributed by atoms with van der Waals surface area (Å²) >= 11 is 0. The van der Waals surface area contributed by atoms with Gasteiger partial charge in [-0.1, -0.05) is 26.8 Å². The highest BCUT2D eigenvalue weighted by molar-refractivity contribution is 5.82. The van der Waals surface area contributed by atoms with Crippen molar-refractivity contribution >= 4 is 11.9 Å². The standard InChI is InChI=1S/C17H25NO3/c1-11-9-12(2)13(3)14(10-11)21-15(19)7-8-18-16(20)17(4,5)6/h9-10H,7-8H2,1-6H3,(H,18,20). The van der Waals surface area contributed by atoms with E-state index in [1.54, 1.807) is 0 Å². The van der Waals surface area contributed by atoms with Crippen LogP contribution >= 0.6 is 0 Å². The molecule has 0 unspecified atom stereocenters. The average molecular weight is 291 g/mol. The fourth-order valence-corrected chi connectivity index (χ4v) is 1.82. The molecule has 0 radical (unpaired) electrons. The summed E-state index contributed by atoms with van der Waals surface area (Å²) in [5, 5.41) is 2.74. The van der Waals surface area contributed by atoms with E-state index in [1.165, 1.54) is 0 Å².